The number of benzene rings is 2. The van der Waals surface area contributed by atoms with E-state index in [1.165, 1.54) is 18.5 Å². The van der Waals surface area contributed by atoms with Crippen LogP contribution in [0.2, 0.25) is 0 Å². The highest BCUT2D eigenvalue weighted by Gasteiger charge is 2.31. The van der Waals surface area contributed by atoms with Crippen molar-refractivity contribution in [3.05, 3.63) is 82.4 Å². The summed E-state index contributed by atoms with van der Waals surface area (Å²) in [6, 6.07) is 10.3. The van der Waals surface area contributed by atoms with Gasteiger partial charge in [-0.3, -0.25) is 4.79 Å². The second kappa shape index (κ2) is 11.7. The van der Waals surface area contributed by atoms with Crippen molar-refractivity contribution in [2.24, 2.45) is 5.92 Å². The fourth-order valence-electron chi connectivity index (χ4n) is 6.74. The summed E-state index contributed by atoms with van der Waals surface area (Å²) in [4.78, 5) is 39.5. The van der Waals surface area contributed by atoms with Crippen molar-refractivity contribution < 1.29 is 18.7 Å². The van der Waals surface area contributed by atoms with Crippen LogP contribution in [0.1, 0.15) is 43.6 Å². The van der Waals surface area contributed by atoms with Crippen LogP contribution in [-0.2, 0) is 4.79 Å². The van der Waals surface area contributed by atoms with Crippen molar-refractivity contribution in [3.63, 3.8) is 0 Å². The van der Waals surface area contributed by atoms with Gasteiger partial charge in [-0.25, -0.2) is 23.8 Å². The highest BCUT2D eigenvalue weighted by atomic mass is 19.1. The summed E-state index contributed by atoms with van der Waals surface area (Å²) < 4.78 is 22.0. The normalized spacial score (nSPS) is 17.0. The molecule has 2 aromatic carbocycles. The summed E-state index contributed by atoms with van der Waals surface area (Å²) in [5.41, 5.74) is 8.46. The summed E-state index contributed by atoms with van der Waals surface area (Å²) in [6.45, 7) is 4.70. The number of carbonyl (C=O) groups is 1. The highest BCUT2D eigenvalue weighted by molar-refractivity contribution is 5.99. The number of amides is 1. The Morgan fingerprint density at radius 2 is 1.87 bits per heavy atom. The topological polar surface area (TPSA) is 144 Å². The van der Waals surface area contributed by atoms with Gasteiger partial charge >= 0.3 is 5.63 Å². The number of phenols is 1. The number of rotatable bonds is 5. The molecule has 7 rings (SSSR count). The van der Waals surface area contributed by atoms with Crippen molar-refractivity contribution in [2.45, 2.75) is 32.2 Å². The number of hydrogen-bond donors (Lipinski definition) is 2. The van der Waals surface area contributed by atoms with Gasteiger partial charge in [-0.15, -0.1) is 0 Å². The largest absolute Gasteiger partial charge is 0.508 e. The van der Waals surface area contributed by atoms with Crippen LogP contribution in [0.5, 0.6) is 5.75 Å². The molecule has 0 saturated carbocycles. The lowest BCUT2D eigenvalue weighted by Gasteiger charge is -2.34. The van der Waals surface area contributed by atoms with Crippen molar-refractivity contribution in [1.29, 1.82) is 0 Å². The minimum atomic E-state index is -0.667. The third-order valence-corrected chi connectivity index (χ3v) is 9.20. The molecule has 0 bridgehead atoms. The summed E-state index contributed by atoms with van der Waals surface area (Å²) >= 11 is 0. The van der Waals surface area contributed by atoms with Crippen LogP contribution < -0.4 is 11.4 Å². The number of fused-ring (bicyclic) bond motifs is 2. The summed E-state index contributed by atoms with van der Waals surface area (Å²) in [6.07, 6.45) is 5.67. The molecule has 0 spiro atoms. The first-order valence-electron chi connectivity index (χ1n) is 15.4. The number of aromatic hydroxyl groups is 1. The molecule has 11 nitrogen and oxygen atoms in total. The van der Waals surface area contributed by atoms with Crippen molar-refractivity contribution in [2.75, 3.05) is 39.0 Å². The molecule has 12 heteroatoms. The molecule has 0 aliphatic carbocycles. The lowest BCUT2D eigenvalue weighted by molar-refractivity contribution is -0.136. The molecule has 1 saturated heterocycles. The molecular formula is C34H34FN7O4. The van der Waals surface area contributed by atoms with Crippen molar-refractivity contribution in [3.8, 4) is 17.0 Å². The van der Waals surface area contributed by atoms with Crippen LogP contribution in [0.25, 0.3) is 38.6 Å². The molecule has 236 valence electrons. The van der Waals surface area contributed by atoms with Gasteiger partial charge in [-0.2, -0.15) is 5.10 Å². The molecule has 1 unspecified atom stereocenters. The van der Waals surface area contributed by atoms with E-state index in [4.69, 9.17) is 15.2 Å². The zero-order chi connectivity index (χ0) is 32.1. The summed E-state index contributed by atoms with van der Waals surface area (Å²) in [7, 11) is 2.08. The average molecular weight is 624 g/mol. The zero-order valence-corrected chi connectivity index (χ0v) is 25.6. The van der Waals surface area contributed by atoms with E-state index in [1.54, 1.807) is 16.8 Å². The number of nitrogens with two attached hydrogens (primary N) is 1. The van der Waals surface area contributed by atoms with Crippen LogP contribution >= 0.6 is 0 Å². The van der Waals surface area contributed by atoms with Gasteiger partial charge in [-0.05, 0) is 75.5 Å². The molecule has 3 aromatic heterocycles. The molecule has 1 fully saturated rings. The Morgan fingerprint density at radius 3 is 2.59 bits per heavy atom. The molecule has 1 amide bonds. The first-order valence-corrected chi connectivity index (χ1v) is 15.4. The molecule has 0 radical (unpaired) electrons. The Balaban J connectivity index is 1.33. The number of likely N-dealkylation sites (tertiary alicyclic amines) is 1. The minimum Gasteiger partial charge on any atom is -0.508 e. The van der Waals surface area contributed by atoms with Gasteiger partial charge in [0.25, 0.3) is 0 Å². The second-order valence-electron chi connectivity index (χ2n) is 12.1. The molecule has 2 aliphatic heterocycles. The van der Waals surface area contributed by atoms with Gasteiger partial charge in [0.05, 0.1) is 10.8 Å². The van der Waals surface area contributed by atoms with Gasteiger partial charge in [-0.1, -0.05) is 24.3 Å². The van der Waals surface area contributed by atoms with Crippen molar-refractivity contribution >= 4 is 39.1 Å². The van der Waals surface area contributed by atoms with E-state index in [1.807, 2.05) is 24.0 Å². The predicted octanol–water partition coefficient (Wildman–Crippen LogP) is 4.59. The Kier molecular flexibility index (Phi) is 7.52. The number of carbonyl (C=O) groups excluding carboxylic acids is 1. The van der Waals surface area contributed by atoms with Gasteiger partial charge in [0, 0.05) is 36.2 Å². The smallest absolute Gasteiger partial charge is 0.343 e. The van der Waals surface area contributed by atoms with Gasteiger partial charge in [0.1, 0.15) is 41.2 Å². The Labute approximate surface area is 263 Å². The third-order valence-electron chi connectivity index (χ3n) is 9.20. The van der Waals surface area contributed by atoms with Gasteiger partial charge in [0.2, 0.25) is 5.91 Å². The standard InChI is InChI=1S/C34H34FN7O4/c1-19(42-32-28(31(36)37-18-38-32)29(39-42)22-15-23(35)17-24(43)16-22)30-27(25-5-3-4-6-26(25)34(45)46-30)20-9-13-41(14-10-20)33(44)21-7-11-40(2)12-8-21/h3-6,9,15-19,21,43H,7-8,10-14H2,1-2H3,(H2,36,37,38). The van der Waals surface area contributed by atoms with Crippen LogP contribution in [0.4, 0.5) is 10.2 Å². The van der Waals surface area contributed by atoms with Crippen LogP contribution in [0, 0.1) is 11.7 Å². The summed E-state index contributed by atoms with van der Waals surface area (Å²) in [5.74, 6) is -0.174. The average Bonchev–Trinajstić information content (AvgIpc) is 3.45. The molecule has 5 aromatic rings. The molecule has 3 N–H and O–H groups in total. The first-order chi connectivity index (χ1) is 22.2. The predicted molar refractivity (Wildman–Crippen MR) is 172 cm³/mol. The minimum absolute atomic E-state index is 0.0361. The van der Waals surface area contributed by atoms with E-state index in [-0.39, 0.29) is 29.1 Å². The van der Waals surface area contributed by atoms with E-state index in [0.29, 0.717) is 47.3 Å². The highest BCUT2D eigenvalue weighted by Crippen LogP contribution is 2.39. The Bertz CT molecular complexity index is 2060. The van der Waals surface area contributed by atoms with Crippen molar-refractivity contribution in [1.82, 2.24) is 29.5 Å². The zero-order valence-electron chi connectivity index (χ0n) is 25.6. The van der Waals surface area contributed by atoms with E-state index < -0.39 is 17.5 Å². The number of piperidine rings is 1. The maximum atomic E-state index is 14.4. The molecule has 2 aliphatic rings. The first kappa shape index (κ1) is 29.6. The molecule has 1 atom stereocenters. The number of phenolic OH excluding ortho intramolecular Hbond substituents is 1. The number of anilines is 1. The molecule has 46 heavy (non-hydrogen) atoms. The number of halogens is 1. The SMILES string of the molecule is CC(c1oc(=O)c2ccccc2c1C1=CCN(C(=O)C2CCN(C)CC2)CC1)n1nc(-c2cc(O)cc(F)c2)c2c(N)ncnc21. The van der Waals surface area contributed by atoms with Gasteiger partial charge < -0.3 is 25.1 Å². The third kappa shape index (κ3) is 5.18. The number of hydrogen-bond acceptors (Lipinski definition) is 9. The Morgan fingerprint density at radius 1 is 1.11 bits per heavy atom. The van der Waals surface area contributed by atoms with Crippen LogP contribution in [0.15, 0.2) is 64.1 Å². The number of nitrogens with zero attached hydrogens (tertiary/aromatic N) is 6. The molecular weight excluding hydrogens is 589 g/mol. The van der Waals surface area contributed by atoms with Gasteiger partial charge in [0.15, 0.2) is 5.65 Å². The maximum Gasteiger partial charge on any atom is 0.343 e. The van der Waals surface area contributed by atoms with Crippen LogP contribution in [0.3, 0.4) is 0 Å². The number of nitrogen functional groups attached to an aromatic ring is 1. The van der Waals surface area contributed by atoms with E-state index in [9.17, 15) is 19.1 Å². The fraction of sp³-hybridized carbons (Fsp3) is 0.324. The lowest BCUT2D eigenvalue weighted by atomic mass is 9.91. The summed E-state index contributed by atoms with van der Waals surface area (Å²) in [5, 5.41) is 16.5. The van der Waals surface area contributed by atoms with E-state index >= 15 is 0 Å². The fourth-order valence-corrected chi connectivity index (χ4v) is 6.74. The Hall–Kier alpha value is -5.10. The molecule has 5 heterocycles. The van der Waals surface area contributed by atoms with Crippen LogP contribution in [-0.4, -0.2) is 73.8 Å². The second-order valence-corrected chi connectivity index (χ2v) is 12.1. The number of aromatic nitrogens is 4. The monoisotopic (exact) mass is 623 g/mol. The van der Waals surface area contributed by atoms with E-state index in [2.05, 4.69) is 28.0 Å². The maximum absolute atomic E-state index is 14.4. The quantitative estimate of drug-likeness (QED) is 0.287. The lowest BCUT2D eigenvalue weighted by Crippen LogP contribution is -2.43. The van der Waals surface area contributed by atoms with E-state index in [0.717, 1.165) is 48.5 Å².